The Balaban J connectivity index is 1.99. The summed E-state index contributed by atoms with van der Waals surface area (Å²) in [5.74, 6) is 1.39. The van der Waals surface area contributed by atoms with Crippen LogP contribution in [0.15, 0.2) is 24.3 Å². The molecule has 0 spiro atoms. The Morgan fingerprint density at radius 2 is 1.75 bits per heavy atom. The Morgan fingerprint density at radius 1 is 1.10 bits per heavy atom. The van der Waals surface area contributed by atoms with E-state index >= 15 is 0 Å². The third kappa shape index (κ3) is 4.90. The molecule has 2 heteroatoms. The summed E-state index contributed by atoms with van der Waals surface area (Å²) in [7, 11) is 0. The first kappa shape index (κ1) is 15.5. The van der Waals surface area contributed by atoms with E-state index in [0.29, 0.717) is 5.92 Å². The molecule has 1 aromatic carbocycles. The lowest BCUT2D eigenvalue weighted by Crippen LogP contribution is -2.29. The molecule has 1 saturated carbocycles. The van der Waals surface area contributed by atoms with Crippen molar-refractivity contribution >= 4 is 0 Å². The lowest BCUT2D eigenvalue weighted by Gasteiger charge is -2.26. The van der Waals surface area contributed by atoms with Crippen molar-refractivity contribution in [3.8, 4) is 0 Å². The molecular weight excluding hydrogens is 249 g/mol. The van der Waals surface area contributed by atoms with Crippen molar-refractivity contribution in [3.05, 3.63) is 35.6 Å². The van der Waals surface area contributed by atoms with Gasteiger partial charge in [-0.3, -0.25) is 0 Å². The molecule has 1 unspecified atom stereocenters. The van der Waals surface area contributed by atoms with E-state index in [0.717, 1.165) is 25.4 Å². The highest BCUT2D eigenvalue weighted by Crippen LogP contribution is 2.30. The van der Waals surface area contributed by atoms with Crippen molar-refractivity contribution in [1.29, 1.82) is 0 Å². The highest BCUT2D eigenvalue weighted by molar-refractivity contribution is 5.16. The molecule has 20 heavy (non-hydrogen) atoms. The Labute approximate surface area is 123 Å². The van der Waals surface area contributed by atoms with E-state index in [-0.39, 0.29) is 5.82 Å². The minimum atomic E-state index is -0.133. The molecular formula is C18H28FN. The third-order valence-electron chi connectivity index (χ3n) is 4.63. The van der Waals surface area contributed by atoms with Crippen molar-refractivity contribution in [2.24, 2.45) is 11.8 Å². The fourth-order valence-corrected chi connectivity index (χ4v) is 3.44. The summed E-state index contributed by atoms with van der Waals surface area (Å²) in [4.78, 5) is 0. The summed E-state index contributed by atoms with van der Waals surface area (Å²) in [6, 6.07) is 7.08. The molecule has 0 bridgehead atoms. The molecule has 0 aliphatic heterocycles. The van der Waals surface area contributed by atoms with Crippen LogP contribution in [0.25, 0.3) is 0 Å². The maximum absolute atomic E-state index is 13.0. The van der Waals surface area contributed by atoms with Gasteiger partial charge in [-0.15, -0.1) is 0 Å². The molecule has 1 fully saturated rings. The first-order chi connectivity index (χ1) is 9.79. The van der Waals surface area contributed by atoms with Gasteiger partial charge in [-0.2, -0.15) is 0 Å². The molecule has 0 amide bonds. The molecule has 1 aromatic rings. The summed E-state index contributed by atoms with van der Waals surface area (Å²) in [5.41, 5.74) is 1.28. The lowest BCUT2D eigenvalue weighted by molar-refractivity contribution is 0.286. The van der Waals surface area contributed by atoms with Crippen LogP contribution >= 0.6 is 0 Å². The van der Waals surface area contributed by atoms with Gasteiger partial charge in [-0.1, -0.05) is 57.6 Å². The lowest BCUT2D eigenvalue weighted by atomic mass is 9.82. The SMILES string of the molecule is CCNCC(Cc1ccc(F)cc1)C1CCCCCC1. The number of rotatable bonds is 6. The zero-order valence-corrected chi connectivity index (χ0v) is 12.7. The number of nitrogens with one attached hydrogen (secondary N) is 1. The molecule has 0 heterocycles. The molecule has 1 atom stereocenters. The molecule has 112 valence electrons. The van der Waals surface area contributed by atoms with Gasteiger partial charge < -0.3 is 5.32 Å². The standard InChI is InChI=1S/C18H28FN/c1-2-20-14-17(16-7-5-3-4-6-8-16)13-15-9-11-18(19)12-10-15/h9-12,16-17,20H,2-8,13-14H2,1H3. The molecule has 1 N–H and O–H groups in total. The Hall–Kier alpha value is -0.890. The first-order valence-corrected chi connectivity index (χ1v) is 8.24. The van der Waals surface area contributed by atoms with Gasteiger partial charge in [0.1, 0.15) is 5.82 Å². The van der Waals surface area contributed by atoms with Gasteiger partial charge in [0.2, 0.25) is 0 Å². The molecule has 2 rings (SSSR count). The number of hydrogen-bond donors (Lipinski definition) is 1. The Bertz CT molecular complexity index is 366. The summed E-state index contributed by atoms with van der Waals surface area (Å²) < 4.78 is 13.0. The molecule has 0 radical (unpaired) electrons. The van der Waals surface area contributed by atoms with E-state index in [1.807, 2.05) is 12.1 Å². The van der Waals surface area contributed by atoms with E-state index < -0.39 is 0 Å². The Kier molecular flexibility index (Phi) is 6.52. The highest BCUT2D eigenvalue weighted by atomic mass is 19.1. The summed E-state index contributed by atoms with van der Waals surface area (Å²) in [6.07, 6.45) is 9.40. The second-order valence-corrected chi connectivity index (χ2v) is 6.15. The second-order valence-electron chi connectivity index (χ2n) is 6.15. The van der Waals surface area contributed by atoms with Gasteiger partial charge in [-0.05, 0) is 49.0 Å². The fraction of sp³-hybridized carbons (Fsp3) is 0.667. The van der Waals surface area contributed by atoms with Crippen LogP contribution in [-0.4, -0.2) is 13.1 Å². The topological polar surface area (TPSA) is 12.0 Å². The van der Waals surface area contributed by atoms with E-state index in [1.54, 1.807) is 12.1 Å². The van der Waals surface area contributed by atoms with E-state index in [9.17, 15) is 4.39 Å². The normalized spacial score (nSPS) is 18.7. The average Bonchev–Trinajstić information content (AvgIpc) is 2.74. The predicted octanol–water partition coefficient (Wildman–Crippen LogP) is 4.56. The predicted molar refractivity (Wildman–Crippen MR) is 83.3 cm³/mol. The van der Waals surface area contributed by atoms with Crippen molar-refractivity contribution in [2.45, 2.75) is 51.9 Å². The van der Waals surface area contributed by atoms with Crippen LogP contribution in [0.3, 0.4) is 0 Å². The van der Waals surface area contributed by atoms with Crippen LogP contribution in [0.4, 0.5) is 4.39 Å². The fourth-order valence-electron chi connectivity index (χ4n) is 3.44. The van der Waals surface area contributed by atoms with Crippen LogP contribution < -0.4 is 5.32 Å². The van der Waals surface area contributed by atoms with Gasteiger partial charge in [0.05, 0.1) is 0 Å². The van der Waals surface area contributed by atoms with E-state index in [2.05, 4.69) is 12.2 Å². The van der Waals surface area contributed by atoms with Crippen LogP contribution in [0.5, 0.6) is 0 Å². The molecule has 1 aliphatic carbocycles. The monoisotopic (exact) mass is 277 g/mol. The van der Waals surface area contributed by atoms with Gasteiger partial charge in [0.15, 0.2) is 0 Å². The zero-order valence-electron chi connectivity index (χ0n) is 12.7. The van der Waals surface area contributed by atoms with Crippen LogP contribution in [0, 0.1) is 17.7 Å². The molecule has 0 aromatic heterocycles. The second kappa shape index (κ2) is 8.41. The van der Waals surface area contributed by atoms with E-state index in [1.165, 1.54) is 44.1 Å². The molecule has 1 nitrogen and oxygen atoms in total. The zero-order chi connectivity index (χ0) is 14.2. The number of hydrogen-bond acceptors (Lipinski definition) is 1. The molecule has 1 aliphatic rings. The van der Waals surface area contributed by atoms with Crippen LogP contribution in [0.1, 0.15) is 51.0 Å². The smallest absolute Gasteiger partial charge is 0.123 e. The van der Waals surface area contributed by atoms with Crippen LogP contribution in [0.2, 0.25) is 0 Å². The number of benzene rings is 1. The average molecular weight is 277 g/mol. The van der Waals surface area contributed by atoms with Crippen molar-refractivity contribution in [1.82, 2.24) is 5.32 Å². The third-order valence-corrected chi connectivity index (χ3v) is 4.63. The summed E-state index contributed by atoms with van der Waals surface area (Å²) in [5, 5.41) is 3.52. The minimum absolute atomic E-state index is 0.133. The maximum Gasteiger partial charge on any atom is 0.123 e. The summed E-state index contributed by atoms with van der Waals surface area (Å²) >= 11 is 0. The largest absolute Gasteiger partial charge is 0.317 e. The van der Waals surface area contributed by atoms with Gasteiger partial charge in [0.25, 0.3) is 0 Å². The quantitative estimate of drug-likeness (QED) is 0.751. The van der Waals surface area contributed by atoms with Gasteiger partial charge in [-0.25, -0.2) is 4.39 Å². The molecule has 0 saturated heterocycles. The minimum Gasteiger partial charge on any atom is -0.317 e. The maximum atomic E-state index is 13.0. The first-order valence-electron chi connectivity index (χ1n) is 8.24. The van der Waals surface area contributed by atoms with Gasteiger partial charge >= 0.3 is 0 Å². The number of halogens is 1. The van der Waals surface area contributed by atoms with Crippen molar-refractivity contribution < 1.29 is 4.39 Å². The Morgan fingerprint density at radius 3 is 2.35 bits per heavy atom. The van der Waals surface area contributed by atoms with Gasteiger partial charge in [0, 0.05) is 0 Å². The highest BCUT2D eigenvalue weighted by Gasteiger charge is 2.22. The van der Waals surface area contributed by atoms with E-state index in [4.69, 9.17) is 0 Å². The van der Waals surface area contributed by atoms with Crippen molar-refractivity contribution in [2.75, 3.05) is 13.1 Å². The van der Waals surface area contributed by atoms with Crippen LogP contribution in [-0.2, 0) is 6.42 Å². The van der Waals surface area contributed by atoms with Crippen molar-refractivity contribution in [3.63, 3.8) is 0 Å². The summed E-state index contributed by atoms with van der Waals surface area (Å²) in [6.45, 7) is 4.30.